The van der Waals surface area contributed by atoms with Crippen molar-refractivity contribution >= 4 is 45.8 Å². The molecule has 0 aliphatic carbocycles. The van der Waals surface area contributed by atoms with Crippen molar-refractivity contribution in [2.45, 2.75) is 6.54 Å². The summed E-state index contributed by atoms with van der Waals surface area (Å²) in [5.41, 5.74) is 4.99. The molecule has 0 bridgehead atoms. The van der Waals surface area contributed by atoms with E-state index < -0.39 is 5.97 Å². The van der Waals surface area contributed by atoms with Gasteiger partial charge in [0.05, 0.1) is 21.7 Å². The molecule has 0 unspecified atom stereocenters. The van der Waals surface area contributed by atoms with E-state index in [1.54, 1.807) is 22.8 Å². The SMILES string of the molecule is CN(C)c1ccc(-c2ccc3c(c2)cc(C(=O)[O-])n3Cc2ccc(Cl)c(Cl)c2)cc1. The third kappa shape index (κ3) is 3.89. The van der Waals surface area contributed by atoms with Gasteiger partial charge in [-0.3, -0.25) is 0 Å². The van der Waals surface area contributed by atoms with Crippen molar-refractivity contribution in [1.82, 2.24) is 4.57 Å². The number of benzene rings is 3. The third-order valence-corrected chi connectivity index (χ3v) is 5.89. The average Bonchev–Trinajstić information content (AvgIpc) is 3.09. The van der Waals surface area contributed by atoms with Crippen molar-refractivity contribution in [2.75, 3.05) is 19.0 Å². The number of carbonyl (C=O) groups excluding carboxylic acids is 1. The number of hydrogen-bond acceptors (Lipinski definition) is 3. The number of nitrogens with zero attached hydrogens (tertiary/aromatic N) is 2. The van der Waals surface area contributed by atoms with Crippen molar-refractivity contribution in [3.63, 3.8) is 0 Å². The summed E-state index contributed by atoms with van der Waals surface area (Å²) < 4.78 is 1.73. The van der Waals surface area contributed by atoms with Crippen LogP contribution in [0, 0.1) is 0 Å². The molecule has 6 heteroatoms. The highest BCUT2D eigenvalue weighted by molar-refractivity contribution is 6.42. The number of carboxylic acids is 1. The first-order valence-corrected chi connectivity index (χ1v) is 10.2. The molecule has 0 atom stereocenters. The van der Waals surface area contributed by atoms with Gasteiger partial charge in [0, 0.05) is 37.2 Å². The summed E-state index contributed by atoms with van der Waals surface area (Å²) in [5.74, 6) is -1.22. The predicted molar refractivity (Wildman–Crippen MR) is 122 cm³/mol. The van der Waals surface area contributed by atoms with Gasteiger partial charge in [-0.2, -0.15) is 0 Å². The lowest BCUT2D eigenvalue weighted by Gasteiger charge is -2.13. The highest BCUT2D eigenvalue weighted by Crippen LogP contribution is 2.30. The fourth-order valence-corrected chi connectivity index (χ4v) is 3.88. The minimum absolute atomic E-state index is 0.121. The standard InChI is InChI=1S/C24H20Cl2N2O2/c1-27(2)19-7-4-16(5-8-19)17-6-10-22-18(12-17)13-23(24(29)30)28(22)14-15-3-9-20(25)21(26)11-15/h3-13H,14H2,1-2H3,(H,29,30)/p-1. The number of carbonyl (C=O) groups is 1. The molecule has 0 fully saturated rings. The average molecular weight is 438 g/mol. The Morgan fingerprint density at radius 2 is 1.60 bits per heavy atom. The van der Waals surface area contributed by atoms with Gasteiger partial charge in [0.2, 0.25) is 0 Å². The van der Waals surface area contributed by atoms with E-state index in [1.807, 2.05) is 43.3 Å². The lowest BCUT2D eigenvalue weighted by atomic mass is 10.0. The summed E-state index contributed by atoms with van der Waals surface area (Å²) in [6, 6.07) is 21.1. The number of anilines is 1. The molecule has 0 aliphatic heterocycles. The van der Waals surface area contributed by atoms with Crippen molar-refractivity contribution in [1.29, 1.82) is 0 Å². The Hall–Kier alpha value is -2.95. The number of fused-ring (bicyclic) bond motifs is 1. The molecule has 1 heterocycles. The first-order valence-electron chi connectivity index (χ1n) is 9.40. The first-order chi connectivity index (χ1) is 14.3. The Bertz CT molecular complexity index is 1240. The smallest absolute Gasteiger partial charge is 0.0880 e. The third-order valence-electron chi connectivity index (χ3n) is 5.15. The van der Waals surface area contributed by atoms with Crippen LogP contribution in [-0.2, 0) is 6.54 Å². The molecule has 0 N–H and O–H groups in total. The zero-order valence-corrected chi connectivity index (χ0v) is 18.0. The van der Waals surface area contributed by atoms with Gasteiger partial charge in [0.15, 0.2) is 0 Å². The number of aromatic carboxylic acids is 1. The number of aromatic nitrogens is 1. The molecule has 1 aromatic heterocycles. The second-order valence-corrected chi connectivity index (χ2v) is 8.18. The summed E-state index contributed by atoms with van der Waals surface area (Å²) in [4.78, 5) is 13.8. The normalized spacial score (nSPS) is 11.1. The van der Waals surface area contributed by atoms with Gasteiger partial charge < -0.3 is 19.4 Å². The topological polar surface area (TPSA) is 48.3 Å². The monoisotopic (exact) mass is 437 g/mol. The van der Waals surface area contributed by atoms with Crippen LogP contribution >= 0.6 is 23.2 Å². The molecule has 0 saturated carbocycles. The van der Waals surface area contributed by atoms with Gasteiger partial charge in [-0.25, -0.2) is 0 Å². The van der Waals surface area contributed by atoms with E-state index in [0.717, 1.165) is 33.3 Å². The van der Waals surface area contributed by atoms with E-state index >= 15 is 0 Å². The first kappa shape index (κ1) is 20.3. The van der Waals surface area contributed by atoms with Crippen LogP contribution in [0.1, 0.15) is 16.1 Å². The van der Waals surface area contributed by atoms with Gasteiger partial charge in [-0.15, -0.1) is 0 Å². The highest BCUT2D eigenvalue weighted by atomic mass is 35.5. The maximum absolute atomic E-state index is 11.8. The largest absolute Gasteiger partial charge is 0.543 e. The lowest BCUT2D eigenvalue weighted by Crippen LogP contribution is -2.25. The van der Waals surface area contributed by atoms with E-state index in [0.29, 0.717) is 16.6 Å². The fourth-order valence-electron chi connectivity index (χ4n) is 3.56. The number of rotatable bonds is 5. The zero-order valence-electron chi connectivity index (χ0n) is 16.5. The van der Waals surface area contributed by atoms with E-state index in [2.05, 4.69) is 24.3 Å². The van der Waals surface area contributed by atoms with Crippen LogP contribution in [0.25, 0.3) is 22.0 Å². The molecule has 4 nitrogen and oxygen atoms in total. The van der Waals surface area contributed by atoms with Crippen LogP contribution in [0.5, 0.6) is 0 Å². The number of hydrogen-bond donors (Lipinski definition) is 0. The van der Waals surface area contributed by atoms with E-state index in [-0.39, 0.29) is 5.69 Å². The van der Waals surface area contributed by atoms with E-state index in [4.69, 9.17) is 23.2 Å². The minimum Gasteiger partial charge on any atom is -0.543 e. The van der Waals surface area contributed by atoms with Crippen molar-refractivity contribution in [2.24, 2.45) is 0 Å². The van der Waals surface area contributed by atoms with Gasteiger partial charge in [0.1, 0.15) is 0 Å². The molecule has 0 radical (unpaired) electrons. The Balaban J connectivity index is 1.76. The summed E-state index contributed by atoms with van der Waals surface area (Å²) in [6.07, 6.45) is 0. The summed E-state index contributed by atoms with van der Waals surface area (Å²) >= 11 is 12.1. The Morgan fingerprint density at radius 1 is 0.900 bits per heavy atom. The molecule has 30 heavy (non-hydrogen) atoms. The zero-order chi connectivity index (χ0) is 21.4. The van der Waals surface area contributed by atoms with Crippen LogP contribution in [0.15, 0.2) is 66.7 Å². The molecular formula is C24H19Cl2N2O2-. The van der Waals surface area contributed by atoms with Gasteiger partial charge >= 0.3 is 0 Å². The second-order valence-electron chi connectivity index (χ2n) is 7.37. The molecule has 4 aromatic rings. The maximum Gasteiger partial charge on any atom is 0.0880 e. The predicted octanol–water partition coefficient (Wildman–Crippen LogP) is 5.09. The second kappa shape index (κ2) is 8.05. The van der Waals surface area contributed by atoms with Crippen molar-refractivity contribution in [3.05, 3.63) is 88.0 Å². The molecule has 3 aromatic carbocycles. The van der Waals surface area contributed by atoms with Crippen LogP contribution in [0.2, 0.25) is 10.0 Å². The maximum atomic E-state index is 11.8. The molecule has 0 amide bonds. The molecule has 0 aliphatic rings. The highest BCUT2D eigenvalue weighted by Gasteiger charge is 2.12. The summed E-state index contributed by atoms with van der Waals surface area (Å²) in [7, 11) is 4.00. The van der Waals surface area contributed by atoms with Gasteiger partial charge in [0.25, 0.3) is 0 Å². The van der Waals surface area contributed by atoms with Crippen LogP contribution in [-0.4, -0.2) is 24.6 Å². The quantitative estimate of drug-likeness (QED) is 0.436. The Morgan fingerprint density at radius 3 is 2.23 bits per heavy atom. The number of carboxylic acid groups (broad SMARTS) is 1. The Kier molecular flexibility index (Phi) is 5.46. The van der Waals surface area contributed by atoms with Crippen LogP contribution < -0.4 is 10.0 Å². The molecule has 0 saturated heterocycles. The van der Waals surface area contributed by atoms with Gasteiger partial charge in [-0.1, -0.05) is 47.5 Å². The molecule has 4 rings (SSSR count). The fraction of sp³-hybridized carbons (Fsp3) is 0.125. The van der Waals surface area contributed by atoms with Crippen molar-refractivity contribution < 1.29 is 9.90 Å². The molecule has 0 spiro atoms. The molecule has 152 valence electrons. The van der Waals surface area contributed by atoms with Gasteiger partial charge in [-0.05, 0) is 59.2 Å². The van der Waals surface area contributed by atoms with Crippen molar-refractivity contribution in [3.8, 4) is 11.1 Å². The lowest BCUT2D eigenvalue weighted by molar-refractivity contribution is -0.255. The Labute approximate surface area is 184 Å². The van der Waals surface area contributed by atoms with E-state index in [9.17, 15) is 9.90 Å². The molecular weight excluding hydrogens is 419 g/mol. The number of halogens is 2. The summed E-state index contributed by atoms with van der Waals surface area (Å²) in [5, 5.41) is 13.5. The van der Waals surface area contributed by atoms with E-state index in [1.165, 1.54) is 0 Å². The minimum atomic E-state index is -1.22. The van der Waals surface area contributed by atoms with Crippen LogP contribution in [0.4, 0.5) is 5.69 Å². The summed E-state index contributed by atoms with van der Waals surface area (Å²) in [6.45, 7) is 0.348. The van der Waals surface area contributed by atoms with Crippen LogP contribution in [0.3, 0.4) is 0 Å².